The van der Waals surface area contributed by atoms with Crippen LogP contribution in [0.15, 0.2) is 60.8 Å². The van der Waals surface area contributed by atoms with Crippen LogP contribution in [0.25, 0.3) is 11.1 Å². The Hall–Kier alpha value is -3.34. The molecule has 1 fully saturated rings. The van der Waals surface area contributed by atoms with Crippen LogP contribution >= 0.6 is 0 Å². The highest BCUT2D eigenvalue weighted by atomic mass is 16.7. The van der Waals surface area contributed by atoms with Crippen molar-refractivity contribution >= 4 is 5.78 Å². The van der Waals surface area contributed by atoms with Crippen molar-refractivity contribution in [2.24, 2.45) is 0 Å². The second-order valence-electron chi connectivity index (χ2n) is 7.49. The summed E-state index contributed by atoms with van der Waals surface area (Å²) in [6.45, 7) is 0.238. The predicted octanol–water partition coefficient (Wildman–Crippen LogP) is 4.33. The van der Waals surface area contributed by atoms with Gasteiger partial charge in [-0.3, -0.25) is 9.78 Å². The molecule has 1 aliphatic carbocycles. The number of Topliss-reactive ketones (excluding diaryl/α,β-unsaturated/α-hetero) is 1. The third kappa shape index (κ3) is 3.12. The zero-order chi connectivity index (χ0) is 19.8. The summed E-state index contributed by atoms with van der Waals surface area (Å²) < 4.78 is 16.3. The summed E-state index contributed by atoms with van der Waals surface area (Å²) in [5.41, 5.74) is 3.33. The lowest BCUT2D eigenvalue weighted by Crippen LogP contribution is -2.22. The quantitative estimate of drug-likeness (QED) is 0.630. The molecule has 0 unspecified atom stereocenters. The fourth-order valence-electron chi connectivity index (χ4n) is 3.95. The van der Waals surface area contributed by atoms with Gasteiger partial charge in [0.15, 0.2) is 11.5 Å². The minimum atomic E-state index is -0.413. The van der Waals surface area contributed by atoms with Gasteiger partial charge in [-0.25, -0.2) is 0 Å². The van der Waals surface area contributed by atoms with Gasteiger partial charge in [-0.1, -0.05) is 30.3 Å². The average Bonchev–Trinajstić information content (AvgIpc) is 3.45. The molecule has 5 nitrogen and oxygen atoms in total. The number of benzene rings is 2. The molecule has 1 aliphatic heterocycles. The lowest BCUT2D eigenvalue weighted by molar-refractivity contribution is -0.120. The van der Waals surface area contributed by atoms with Crippen molar-refractivity contribution in [3.63, 3.8) is 0 Å². The van der Waals surface area contributed by atoms with E-state index in [1.807, 2.05) is 54.6 Å². The summed E-state index contributed by atoms with van der Waals surface area (Å²) in [4.78, 5) is 17.7. The number of ether oxygens (including phenoxy) is 3. The van der Waals surface area contributed by atoms with E-state index in [2.05, 4.69) is 4.98 Å². The number of hydrogen-bond donors (Lipinski definition) is 0. The third-order valence-electron chi connectivity index (χ3n) is 5.79. The molecule has 1 saturated carbocycles. The highest BCUT2D eigenvalue weighted by molar-refractivity contribution is 5.94. The number of carbonyl (C=O) groups excluding carboxylic acids is 1. The van der Waals surface area contributed by atoms with E-state index in [9.17, 15) is 4.79 Å². The van der Waals surface area contributed by atoms with E-state index in [-0.39, 0.29) is 12.6 Å². The fraction of sp³-hybridized carbons (Fsp3) is 0.250. The summed E-state index contributed by atoms with van der Waals surface area (Å²) in [5.74, 6) is 2.47. The largest absolute Gasteiger partial charge is 0.496 e. The molecule has 0 radical (unpaired) electrons. The van der Waals surface area contributed by atoms with Crippen molar-refractivity contribution in [3.05, 3.63) is 72.1 Å². The number of nitrogens with zero attached hydrogens (tertiary/aromatic N) is 1. The van der Waals surface area contributed by atoms with Gasteiger partial charge in [0.05, 0.1) is 12.5 Å². The minimum Gasteiger partial charge on any atom is -0.496 e. The van der Waals surface area contributed by atoms with E-state index in [1.54, 1.807) is 13.3 Å². The van der Waals surface area contributed by atoms with Crippen LogP contribution in [-0.2, 0) is 16.6 Å². The smallest absolute Gasteiger partial charge is 0.231 e. The van der Waals surface area contributed by atoms with E-state index >= 15 is 0 Å². The molecule has 2 aromatic carbocycles. The number of carbonyl (C=O) groups is 1. The molecule has 2 aliphatic rings. The standard InChI is InChI=1S/C24H21NO4/c1-27-20-5-3-2-4-19(20)16-6-8-18(25-14-16)13-23(26)24(10-11-24)17-7-9-21-22(12-17)29-15-28-21/h2-9,12,14H,10-11,13,15H2,1H3. The molecule has 2 heterocycles. The summed E-state index contributed by atoms with van der Waals surface area (Å²) in [5, 5.41) is 0. The molecule has 1 aromatic heterocycles. The van der Waals surface area contributed by atoms with E-state index in [1.165, 1.54) is 0 Å². The monoisotopic (exact) mass is 387 g/mol. The zero-order valence-corrected chi connectivity index (χ0v) is 16.2. The Kier molecular flexibility index (Phi) is 4.23. The van der Waals surface area contributed by atoms with Gasteiger partial charge in [0.25, 0.3) is 0 Å². The normalized spacial score (nSPS) is 15.8. The Morgan fingerprint density at radius 2 is 1.90 bits per heavy atom. The molecule has 29 heavy (non-hydrogen) atoms. The number of aromatic nitrogens is 1. The molecule has 0 atom stereocenters. The predicted molar refractivity (Wildman–Crippen MR) is 108 cm³/mol. The number of pyridine rings is 1. The van der Waals surface area contributed by atoms with Gasteiger partial charge in [-0.15, -0.1) is 0 Å². The second kappa shape index (κ2) is 6.92. The Bertz CT molecular complexity index is 1070. The first-order valence-electron chi connectivity index (χ1n) is 9.71. The topological polar surface area (TPSA) is 57.7 Å². The summed E-state index contributed by atoms with van der Waals surface area (Å²) in [6, 6.07) is 17.6. The first-order valence-corrected chi connectivity index (χ1v) is 9.71. The fourth-order valence-corrected chi connectivity index (χ4v) is 3.95. The van der Waals surface area contributed by atoms with Crippen molar-refractivity contribution in [1.29, 1.82) is 0 Å². The molecule has 5 rings (SSSR count). The van der Waals surface area contributed by atoms with Crippen molar-refractivity contribution in [2.45, 2.75) is 24.7 Å². The molecule has 0 N–H and O–H groups in total. The van der Waals surface area contributed by atoms with Crippen molar-refractivity contribution in [2.75, 3.05) is 13.9 Å². The van der Waals surface area contributed by atoms with Gasteiger partial charge in [0.1, 0.15) is 11.5 Å². The average molecular weight is 387 g/mol. The number of hydrogen-bond acceptors (Lipinski definition) is 5. The van der Waals surface area contributed by atoms with Crippen LogP contribution in [0.5, 0.6) is 17.2 Å². The minimum absolute atomic E-state index is 0.203. The van der Waals surface area contributed by atoms with Crippen LogP contribution in [0.2, 0.25) is 0 Å². The van der Waals surface area contributed by atoms with Crippen molar-refractivity contribution in [3.8, 4) is 28.4 Å². The molecule has 5 heteroatoms. The molecule has 146 valence electrons. The highest BCUT2D eigenvalue weighted by Crippen LogP contribution is 2.51. The number of ketones is 1. The molecule has 0 bridgehead atoms. The maximum Gasteiger partial charge on any atom is 0.231 e. The maximum absolute atomic E-state index is 13.1. The van der Waals surface area contributed by atoms with Gasteiger partial charge in [0, 0.05) is 29.4 Å². The SMILES string of the molecule is COc1ccccc1-c1ccc(CC(=O)C2(c3ccc4c(c3)OCO4)CC2)nc1. The highest BCUT2D eigenvalue weighted by Gasteiger charge is 2.50. The summed E-state index contributed by atoms with van der Waals surface area (Å²) in [7, 11) is 1.66. The summed E-state index contributed by atoms with van der Waals surface area (Å²) in [6.07, 6.45) is 3.86. The van der Waals surface area contributed by atoms with Crippen LogP contribution in [0.1, 0.15) is 24.1 Å². The second-order valence-corrected chi connectivity index (χ2v) is 7.49. The number of fused-ring (bicyclic) bond motifs is 1. The Morgan fingerprint density at radius 1 is 1.07 bits per heavy atom. The number of rotatable bonds is 6. The lowest BCUT2D eigenvalue weighted by Gasteiger charge is -2.15. The molecule has 3 aromatic rings. The van der Waals surface area contributed by atoms with Crippen LogP contribution in [-0.4, -0.2) is 24.7 Å². The van der Waals surface area contributed by atoms with Crippen LogP contribution in [0.4, 0.5) is 0 Å². The van der Waals surface area contributed by atoms with Gasteiger partial charge in [-0.2, -0.15) is 0 Å². The molecule has 0 amide bonds. The molecular weight excluding hydrogens is 366 g/mol. The first-order chi connectivity index (χ1) is 14.2. The van der Waals surface area contributed by atoms with Crippen molar-refractivity contribution < 1.29 is 19.0 Å². The summed E-state index contributed by atoms with van der Waals surface area (Å²) >= 11 is 0. The molecule has 0 saturated heterocycles. The van der Waals surface area contributed by atoms with E-state index in [0.717, 1.165) is 52.5 Å². The zero-order valence-electron chi connectivity index (χ0n) is 16.2. The molecule has 0 spiro atoms. The van der Waals surface area contributed by atoms with E-state index in [0.29, 0.717) is 6.42 Å². The van der Waals surface area contributed by atoms with Crippen molar-refractivity contribution in [1.82, 2.24) is 4.98 Å². The number of para-hydroxylation sites is 1. The van der Waals surface area contributed by atoms with Crippen LogP contribution in [0, 0.1) is 0 Å². The lowest BCUT2D eigenvalue weighted by atomic mass is 9.88. The maximum atomic E-state index is 13.1. The van der Waals surface area contributed by atoms with Gasteiger partial charge < -0.3 is 14.2 Å². The molecular formula is C24H21NO4. The van der Waals surface area contributed by atoms with Gasteiger partial charge in [0.2, 0.25) is 6.79 Å². The number of methoxy groups -OCH3 is 1. The van der Waals surface area contributed by atoms with Crippen LogP contribution in [0.3, 0.4) is 0 Å². The Balaban J connectivity index is 1.35. The van der Waals surface area contributed by atoms with E-state index < -0.39 is 5.41 Å². The van der Waals surface area contributed by atoms with Gasteiger partial charge >= 0.3 is 0 Å². The first kappa shape index (κ1) is 17.7. The third-order valence-corrected chi connectivity index (χ3v) is 5.79. The van der Waals surface area contributed by atoms with Crippen LogP contribution < -0.4 is 14.2 Å². The van der Waals surface area contributed by atoms with Gasteiger partial charge in [-0.05, 0) is 42.7 Å². The van der Waals surface area contributed by atoms with E-state index in [4.69, 9.17) is 14.2 Å². The Morgan fingerprint density at radius 3 is 2.66 bits per heavy atom. The Labute approximate surface area is 169 Å².